The zero-order chi connectivity index (χ0) is 16.8. The third-order valence-electron chi connectivity index (χ3n) is 3.87. The van der Waals surface area contributed by atoms with E-state index in [0.29, 0.717) is 37.6 Å². The lowest BCUT2D eigenvalue weighted by atomic mass is 10.0. The summed E-state index contributed by atoms with van der Waals surface area (Å²) in [6.45, 7) is 2.18. The molecule has 24 heavy (non-hydrogen) atoms. The molecule has 2 aromatic rings. The molecule has 126 valence electrons. The minimum atomic E-state index is -0.597. The van der Waals surface area contributed by atoms with Crippen LogP contribution >= 0.6 is 11.5 Å². The van der Waals surface area contributed by atoms with Gasteiger partial charge in [-0.2, -0.15) is 0 Å². The molecule has 1 atom stereocenters. The van der Waals surface area contributed by atoms with Gasteiger partial charge in [0.2, 0.25) is 5.91 Å². The number of nitrogens with zero attached hydrogens (tertiary/aromatic N) is 2. The summed E-state index contributed by atoms with van der Waals surface area (Å²) in [5, 5.41) is 2.86. The number of carbonyl (C=O) groups is 2. The van der Waals surface area contributed by atoms with E-state index in [1.807, 2.05) is 30.3 Å². The number of ether oxygens (including phenoxy) is 1. The summed E-state index contributed by atoms with van der Waals surface area (Å²) in [4.78, 5) is 27.5. The number of hydrogen-bond acceptors (Lipinski definition) is 5. The number of nitrogens with one attached hydrogen (secondary N) is 1. The van der Waals surface area contributed by atoms with Gasteiger partial charge in [-0.05, 0) is 23.2 Å². The number of carbonyl (C=O) groups excluding carboxylic acids is 2. The fourth-order valence-corrected chi connectivity index (χ4v) is 3.12. The summed E-state index contributed by atoms with van der Waals surface area (Å²) >= 11 is 1.12. The van der Waals surface area contributed by atoms with Crippen LogP contribution in [0, 0.1) is 0 Å². The average Bonchev–Trinajstić information content (AvgIpc) is 3.17. The van der Waals surface area contributed by atoms with Crippen LogP contribution in [0.4, 0.5) is 0 Å². The summed E-state index contributed by atoms with van der Waals surface area (Å²) in [6.07, 6.45) is 2.04. The van der Waals surface area contributed by atoms with Gasteiger partial charge in [0.15, 0.2) is 0 Å². The topological polar surface area (TPSA) is 71.5 Å². The normalized spacial score (nSPS) is 15.8. The molecule has 1 aliphatic rings. The maximum atomic E-state index is 12.9. The van der Waals surface area contributed by atoms with Crippen LogP contribution in [-0.4, -0.2) is 53.4 Å². The molecule has 1 aromatic carbocycles. The van der Waals surface area contributed by atoms with E-state index >= 15 is 0 Å². The van der Waals surface area contributed by atoms with E-state index in [1.54, 1.807) is 17.2 Å². The van der Waals surface area contributed by atoms with E-state index in [1.165, 1.54) is 0 Å². The predicted molar refractivity (Wildman–Crippen MR) is 90.9 cm³/mol. The Hall–Kier alpha value is -2.25. The molecule has 0 aliphatic carbocycles. The molecule has 3 rings (SSSR count). The van der Waals surface area contributed by atoms with Gasteiger partial charge in [-0.15, -0.1) is 0 Å². The van der Waals surface area contributed by atoms with Gasteiger partial charge in [-0.25, -0.2) is 4.37 Å². The van der Waals surface area contributed by atoms with E-state index in [4.69, 9.17) is 4.74 Å². The summed E-state index contributed by atoms with van der Waals surface area (Å²) in [6, 6.07) is 10.8. The van der Waals surface area contributed by atoms with Crippen molar-refractivity contribution in [3.63, 3.8) is 0 Å². The fraction of sp³-hybridized carbons (Fsp3) is 0.353. The zero-order valence-corrected chi connectivity index (χ0v) is 14.0. The fourth-order valence-electron chi connectivity index (χ4n) is 2.62. The number of amides is 2. The molecule has 7 heteroatoms. The van der Waals surface area contributed by atoms with Crippen molar-refractivity contribution in [1.29, 1.82) is 0 Å². The van der Waals surface area contributed by atoms with Crippen molar-refractivity contribution in [2.45, 2.75) is 12.5 Å². The van der Waals surface area contributed by atoms with Crippen molar-refractivity contribution in [2.24, 2.45) is 0 Å². The zero-order valence-electron chi connectivity index (χ0n) is 13.2. The highest BCUT2D eigenvalue weighted by atomic mass is 32.1. The van der Waals surface area contributed by atoms with Gasteiger partial charge >= 0.3 is 0 Å². The van der Waals surface area contributed by atoms with Crippen LogP contribution in [-0.2, 0) is 16.0 Å². The highest BCUT2D eigenvalue weighted by Gasteiger charge is 2.28. The van der Waals surface area contributed by atoms with Crippen molar-refractivity contribution in [2.75, 3.05) is 26.3 Å². The lowest BCUT2D eigenvalue weighted by Gasteiger charge is -2.30. The molecule has 2 amide bonds. The Morgan fingerprint density at radius 3 is 2.62 bits per heavy atom. The molecular formula is C17H19N3O3S. The Morgan fingerprint density at radius 2 is 1.96 bits per heavy atom. The molecule has 1 saturated heterocycles. The number of hydrogen-bond donors (Lipinski definition) is 1. The Labute approximate surface area is 144 Å². The van der Waals surface area contributed by atoms with Crippen molar-refractivity contribution in [3.05, 3.63) is 53.0 Å². The third-order valence-corrected chi connectivity index (χ3v) is 4.62. The van der Waals surface area contributed by atoms with Gasteiger partial charge in [0.1, 0.15) is 10.9 Å². The molecule has 0 radical (unpaired) electrons. The maximum Gasteiger partial charge on any atom is 0.263 e. The second-order valence-electron chi connectivity index (χ2n) is 5.53. The third kappa shape index (κ3) is 4.18. The number of aromatic nitrogens is 1. The van der Waals surface area contributed by atoms with Gasteiger partial charge in [0.25, 0.3) is 5.91 Å². The molecule has 0 bridgehead atoms. The Kier molecular flexibility index (Phi) is 5.55. The quantitative estimate of drug-likeness (QED) is 0.888. The summed E-state index contributed by atoms with van der Waals surface area (Å²) in [5.41, 5.74) is 1.01. The second kappa shape index (κ2) is 8.03. The SMILES string of the molecule is O=C(NC(Cc1ccccc1)C(=O)N1CCOCC1)c1ccns1. The van der Waals surface area contributed by atoms with Crippen LogP contribution in [0.15, 0.2) is 42.6 Å². The molecule has 1 aromatic heterocycles. The van der Waals surface area contributed by atoms with Gasteiger partial charge < -0.3 is 15.0 Å². The highest BCUT2D eigenvalue weighted by Crippen LogP contribution is 2.10. The molecule has 2 heterocycles. The first-order chi connectivity index (χ1) is 11.7. The molecule has 0 saturated carbocycles. The first kappa shape index (κ1) is 16.6. The van der Waals surface area contributed by atoms with Crippen LogP contribution in [0.2, 0.25) is 0 Å². The van der Waals surface area contributed by atoms with Crippen LogP contribution in [0.1, 0.15) is 15.2 Å². The van der Waals surface area contributed by atoms with Gasteiger partial charge in [-0.3, -0.25) is 9.59 Å². The molecule has 6 nitrogen and oxygen atoms in total. The van der Waals surface area contributed by atoms with Crippen molar-refractivity contribution in [3.8, 4) is 0 Å². The lowest BCUT2D eigenvalue weighted by Crippen LogP contribution is -2.52. The maximum absolute atomic E-state index is 12.9. The van der Waals surface area contributed by atoms with Crippen molar-refractivity contribution >= 4 is 23.3 Å². The predicted octanol–water partition coefficient (Wildman–Crippen LogP) is 1.34. The molecule has 1 unspecified atom stereocenters. The number of morpholine rings is 1. The van der Waals surface area contributed by atoms with Crippen LogP contribution in [0.3, 0.4) is 0 Å². The Morgan fingerprint density at radius 1 is 1.21 bits per heavy atom. The lowest BCUT2D eigenvalue weighted by molar-refractivity contribution is -0.137. The van der Waals surface area contributed by atoms with Crippen LogP contribution in [0.25, 0.3) is 0 Å². The van der Waals surface area contributed by atoms with Gasteiger partial charge in [0, 0.05) is 25.7 Å². The summed E-state index contributed by atoms with van der Waals surface area (Å²) < 4.78 is 9.24. The second-order valence-corrected chi connectivity index (χ2v) is 6.36. The van der Waals surface area contributed by atoms with E-state index in [9.17, 15) is 9.59 Å². The molecular weight excluding hydrogens is 326 g/mol. The number of rotatable bonds is 5. The first-order valence-electron chi connectivity index (χ1n) is 7.86. The van der Waals surface area contributed by atoms with Crippen LogP contribution in [0.5, 0.6) is 0 Å². The summed E-state index contributed by atoms with van der Waals surface area (Å²) in [7, 11) is 0. The monoisotopic (exact) mass is 345 g/mol. The minimum absolute atomic E-state index is 0.0694. The van der Waals surface area contributed by atoms with E-state index in [0.717, 1.165) is 17.1 Å². The van der Waals surface area contributed by atoms with Crippen molar-refractivity contribution < 1.29 is 14.3 Å². The van der Waals surface area contributed by atoms with Crippen LogP contribution < -0.4 is 5.32 Å². The standard InChI is InChI=1S/C17H19N3O3S/c21-16(15-6-7-18-24-15)19-14(12-13-4-2-1-3-5-13)17(22)20-8-10-23-11-9-20/h1-7,14H,8-12H2,(H,19,21). The van der Waals surface area contributed by atoms with E-state index in [2.05, 4.69) is 9.69 Å². The summed E-state index contributed by atoms with van der Waals surface area (Å²) in [5.74, 6) is -0.333. The molecule has 0 spiro atoms. The molecule has 1 N–H and O–H groups in total. The van der Waals surface area contributed by atoms with Gasteiger partial charge in [0.05, 0.1) is 13.2 Å². The van der Waals surface area contributed by atoms with E-state index in [-0.39, 0.29) is 11.8 Å². The average molecular weight is 345 g/mol. The minimum Gasteiger partial charge on any atom is -0.378 e. The highest BCUT2D eigenvalue weighted by molar-refractivity contribution is 7.08. The largest absolute Gasteiger partial charge is 0.378 e. The van der Waals surface area contributed by atoms with E-state index < -0.39 is 6.04 Å². The Balaban J connectivity index is 1.74. The number of benzene rings is 1. The Bertz CT molecular complexity index is 670. The first-order valence-corrected chi connectivity index (χ1v) is 8.63. The van der Waals surface area contributed by atoms with Crippen molar-refractivity contribution in [1.82, 2.24) is 14.6 Å². The molecule has 1 aliphatic heterocycles. The molecule has 1 fully saturated rings. The van der Waals surface area contributed by atoms with Gasteiger partial charge in [-0.1, -0.05) is 30.3 Å². The smallest absolute Gasteiger partial charge is 0.263 e.